The lowest BCUT2D eigenvalue weighted by Crippen LogP contribution is -2.40. The van der Waals surface area contributed by atoms with Gasteiger partial charge in [0.2, 0.25) is 5.91 Å². The summed E-state index contributed by atoms with van der Waals surface area (Å²) in [5, 5.41) is 2.28. The first kappa shape index (κ1) is 17.6. The van der Waals surface area contributed by atoms with E-state index in [1.165, 1.54) is 0 Å². The van der Waals surface area contributed by atoms with Crippen molar-refractivity contribution in [3.05, 3.63) is 12.2 Å². The third kappa shape index (κ3) is 5.52. The number of halogens is 3. The molecule has 11 heteroatoms. The second-order valence-corrected chi connectivity index (χ2v) is 4.08. The smallest absolute Gasteiger partial charge is 0.354 e. The zero-order chi connectivity index (χ0) is 16.8. The summed E-state index contributed by atoms with van der Waals surface area (Å²) in [6.45, 7) is -0.631. The third-order valence-corrected chi connectivity index (χ3v) is 2.41. The Hall–Kier alpha value is -2.43. The zero-order valence-corrected chi connectivity index (χ0v) is 11.1. The summed E-state index contributed by atoms with van der Waals surface area (Å²) >= 11 is 0. The molecule has 0 atom stereocenters. The highest BCUT2D eigenvalue weighted by Crippen LogP contribution is 2.13. The minimum atomic E-state index is -5.10. The molecule has 22 heavy (non-hydrogen) atoms. The van der Waals surface area contributed by atoms with Crippen LogP contribution in [0, 0.1) is 0 Å². The summed E-state index contributed by atoms with van der Waals surface area (Å²) in [7, 11) is 0. The number of alkyl halides is 3. The van der Waals surface area contributed by atoms with Gasteiger partial charge in [-0.1, -0.05) is 0 Å². The molecule has 0 aromatic heterocycles. The van der Waals surface area contributed by atoms with Crippen LogP contribution in [0.2, 0.25) is 0 Å². The molecule has 0 spiro atoms. The van der Waals surface area contributed by atoms with E-state index in [2.05, 4.69) is 10.2 Å². The molecule has 1 aliphatic heterocycles. The Morgan fingerprint density at radius 2 is 1.77 bits per heavy atom. The van der Waals surface area contributed by atoms with Crippen molar-refractivity contribution in [3.63, 3.8) is 0 Å². The van der Waals surface area contributed by atoms with Crippen LogP contribution in [-0.4, -0.2) is 54.4 Å². The average Bonchev–Trinajstić information content (AvgIpc) is 2.73. The number of hydrogen-bond donors (Lipinski definition) is 2. The van der Waals surface area contributed by atoms with Crippen molar-refractivity contribution in [2.24, 2.45) is 0 Å². The number of rotatable bonds is 7. The number of hydrogen-bond acceptors (Lipinski definition) is 5. The number of imide groups is 1. The Kier molecular flexibility index (Phi) is 6.04. The fourth-order valence-corrected chi connectivity index (χ4v) is 1.39. The molecular weight excluding hydrogens is 311 g/mol. The molecule has 2 N–H and O–H groups in total. The van der Waals surface area contributed by atoms with Crippen LogP contribution in [-0.2, 0) is 24.0 Å². The Bertz CT molecular complexity index is 486. The average molecular weight is 323 g/mol. The van der Waals surface area contributed by atoms with Crippen molar-refractivity contribution in [1.82, 2.24) is 15.7 Å². The van der Waals surface area contributed by atoms with E-state index in [0.29, 0.717) is 0 Å². The maximum absolute atomic E-state index is 11.8. The molecule has 0 unspecified atom stereocenters. The van der Waals surface area contributed by atoms with Gasteiger partial charge in [0.05, 0.1) is 0 Å². The Morgan fingerprint density at radius 3 is 2.32 bits per heavy atom. The van der Waals surface area contributed by atoms with E-state index in [9.17, 15) is 32.3 Å². The molecular formula is C11H12F3N3O5. The highest BCUT2D eigenvalue weighted by atomic mass is 19.4. The summed E-state index contributed by atoms with van der Waals surface area (Å²) in [5.74, 6) is -3.98. The lowest BCUT2D eigenvalue weighted by Gasteiger charge is -2.13. The summed E-state index contributed by atoms with van der Waals surface area (Å²) in [5.41, 5.74) is 1.07. The molecule has 8 nitrogen and oxygen atoms in total. The van der Waals surface area contributed by atoms with Gasteiger partial charge in [0.25, 0.3) is 11.8 Å². The highest BCUT2D eigenvalue weighted by Gasteiger charge is 2.39. The van der Waals surface area contributed by atoms with Gasteiger partial charge in [-0.15, -0.1) is 0 Å². The maximum Gasteiger partial charge on any atom is 0.473 e. The fraction of sp³-hybridized carbons (Fsp3) is 0.455. The number of nitrogens with zero attached hydrogens (tertiary/aromatic N) is 1. The molecule has 1 rings (SSSR count). The van der Waals surface area contributed by atoms with Crippen LogP contribution in [0.25, 0.3) is 0 Å². The predicted molar refractivity (Wildman–Crippen MR) is 63.6 cm³/mol. The van der Waals surface area contributed by atoms with Crippen LogP contribution in [0.1, 0.15) is 6.42 Å². The van der Waals surface area contributed by atoms with Crippen LogP contribution in [0.4, 0.5) is 13.2 Å². The molecule has 0 fully saturated rings. The lowest BCUT2D eigenvalue weighted by atomic mass is 10.3. The van der Waals surface area contributed by atoms with Crippen LogP contribution in [0.15, 0.2) is 12.2 Å². The van der Waals surface area contributed by atoms with E-state index in [1.54, 1.807) is 0 Å². The van der Waals surface area contributed by atoms with Crippen molar-refractivity contribution in [2.75, 3.05) is 19.7 Å². The second kappa shape index (κ2) is 7.54. The minimum absolute atomic E-state index is 0.0759. The van der Waals surface area contributed by atoms with Gasteiger partial charge >= 0.3 is 12.1 Å². The second-order valence-electron chi connectivity index (χ2n) is 4.08. The predicted octanol–water partition coefficient (Wildman–Crippen LogP) is -0.972. The fourth-order valence-electron chi connectivity index (χ4n) is 1.39. The van der Waals surface area contributed by atoms with Crippen molar-refractivity contribution in [3.8, 4) is 0 Å². The lowest BCUT2D eigenvalue weighted by molar-refractivity contribution is -0.186. The molecule has 0 aromatic carbocycles. The van der Waals surface area contributed by atoms with Gasteiger partial charge in [-0.05, 0) is 6.42 Å². The van der Waals surface area contributed by atoms with Crippen molar-refractivity contribution >= 4 is 23.6 Å². The Balaban J connectivity index is 2.10. The van der Waals surface area contributed by atoms with Crippen LogP contribution < -0.4 is 10.8 Å². The quantitative estimate of drug-likeness (QED) is 0.356. The van der Waals surface area contributed by atoms with E-state index in [-0.39, 0.29) is 19.5 Å². The van der Waals surface area contributed by atoms with Gasteiger partial charge in [-0.25, -0.2) is 5.48 Å². The summed E-state index contributed by atoms with van der Waals surface area (Å²) in [6, 6.07) is 0. The SMILES string of the molecule is O=C(CONC(=O)C(F)(F)F)NCCCN1C(=O)C=CC1=O. The minimum Gasteiger partial charge on any atom is -0.354 e. The van der Waals surface area contributed by atoms with Gasteiger partial charge in [0, 0.05) is 25.2 Å². The van der Waals surface area contributed by atoms with Crippen molar-refractivity contribution in [2.45, 2.75) is 12.6 Å². The summed E-state index contributed by atoms with van der Waals surface area (Å²) in [6.07, 6.45) is -2.59. The molecule has 0 bridgehead atoms. The van der Waals surface area contributed by atoms with E-state index in [4.69, 9.17) is 0 Å². The van der Waals surface area contributed by atoms with Gasteiger partial charge < -0.3 is 5.32 Å². The molecule has 0 radical (unpaired) electrons. The molecule has 0 saturated heterocycles. The van der Waals surface area contributed by atoms with Crippen LogP contribution in [0.3, 0.4) is 0 Å². The molecule has 122 valence electrons. The number of hydroxylamine groups is 1. The van der Waals surface area contributed by atoms with Crippen molar-refractivity contribution < 1.29 is 37.2 Å². The molecule has 4 amide bonds. The first-order valence-electron chi connectivity index (χ1n) is 6.01. The van der Waals surface area contributed by atoms with E-state index in [1.807, 2.05) is 0 Å². The standard InChI is InChI=1S/C11H12F3N3O5/c12-11(13,14)10(21)16-22-6-7(18)15-4-1-5-17-8(19)2-3-9(17)20/h2-3H,1,4-6H2,(H,15,18)(H,16,21). The summed E-state index contributed by atoms with van der Waals surface area (Å²) in [4.78, 5) is 48.9. The van der Waals surface area contributed by atoms with Crippen LogP contribution >= 0.6 is 0 Å². The van der Waals surface area contributed by atoms with Gasteiger partial charge in [-0.3, -0.25) is 28.9 Å². The molecule has 0 aromatic rings. The Labute approximate surface area is 122 Å². The largest absolute Gasteiger partial charge is 0.473 e. The van der Waals surface area contributed by atoms with Gasteiger partial charge in [-0.2, -0.15) is 13.2 Å². The number of carbonyl (C=O) groups excluding carboxylic acids is 4. The topological polar surface area (TPSA) is 105 Å². The molecule has 0 saturated carbocycles. The maximum atomic E-state index is 11.8. The van der Waals surface area contributed by atoms with Crippen molar-refractivity contribution in [1.29, 1.82) is 0 Å². The summed E-state index contributed by atoms with van der Waals surface area (Å²) < 4.78 is 35.3. The monoisotopic (exact) mass is 323 g/mol. The highest BCUT2D eigenvalue weighted by molar-refractivity contribution is 6.12. The Morgan fingerprint density at radius 1 is 1.18 bits per heavy atom. The van der Waals surface area contributed by atoms with Gasteiger partial charge in [0.1, 0.15) is 0 Å². The molecule has 1 aliphatic rings. The number of amides is 4. The normalized spacial score (nSPS) is 14.4. The molecule has 1 heterocycles. The zero-order valence-electron chi connectivity index (χ0n) is 11.1. The van der Waals surface area contributed by atoms with E-state index >= 15 is 0 Å². The number of carbonyl (C=O) groups is 4. The van der Waals surface area contributed by atoms with Gasteiger partial charge in [0.15, 0.2) is 6.61 Å². The molecule has 0 aliphatic carbocycles. The number of nitrogens with one attached hydrogen (secondary N) is 2. The van der Waals surface area contributed by atoms with Crippen LogP contribution in [0.5, 0.6) is 0 Å². The van der Waals surface area contributed by atoms with E-state index in [0.717, 1.165) is 22.5 Å². The van der Waals surface area contributed by atoms with E-state index < -0.39 is 36.4 Å². The third-order valence-electron chi connectivity index (χ3n) is 2.41. The first-order valence-corrected chi connectivity index (χ1v) is 6.01. The first-order chi connectivity index (χ1) is 10.2.